The standard InChI is InChI=1S/C13H17N3O6/c1-6(17)11(21-7(2)18)12-8(19)5-10(22-12)16-4-3-9(14)15-13(16)20/h3-4,8,10-12,19H,5H2,1-2H3,(H2,14,15,20)/t8-,10+,11?,12-/m0/s1. The molecule has 1 aliphatic heterocycles. The molecular weight excluding hydrogens is 294 g/mol. The van der Waals surface area contributed by atoms with Crippen molar-refractivity contribution in [1.29, 1.82) is 0 Å². The quantitative estimate of drug-likeness (QED) is 0.676. The Bertz CT molecular complexity index is 643. The minimum Gasteiger partial charge on any atom is -0.452 e. The van der Waals surface area contributed by atoms with Gasteiger partial charge in [0, 0.05) is 19.5 Å². The first-order valence-electron chi connectivity index (χ1n) is 6.65. The van der Waals surface area contributed by atoms with Crippen molar-refractivity contribution in [1.82, 2.24) is 9.55 Å². The maximum atomic E-state index is 11.8. The third-order valence-corrected chi connectivity index (χ3v) is 3.29. The number of Topliss-reactive ketones (excluding diaryl/α,β-unsaturated/α-hetero) is 1. The largest absolute Gasteiger partial charge is 0.452 e. The lowest BCUT2D eigenvalue weighted by Gasteiger charge is -2.23. The highest BCUT2D eigenvalue weighted by atomic mass is 16.6. The number of hydrogen-bond acceptors (Lipinski definition) is 8. The van der Waals surface area contributed by atoms with Crippen LogP contribution in [0.1, 0.15) is 26.5 Å². The topological polar surface area (TPSA) is 134 Å². The summed E-state index contributed by atoms with van der Waals surface area (Å²) in [5.41, 5.74) is 4.77. The molecule has 1 fully saturated rings. The average molecular weight is 311 g/mol. The number of anilines is 1. The molecule has 0 amide bonds. The van der Waals surface area contributed by atoms with Crippen LogP contribution in [0.4, 0.5) is 5.82 Å². The summed E-state index contributed by atoms with van der Waals surface area (Å²) in [5, 5.41) is 10.1. The molecule has 0 aromatic carbocycles. The highest BCUT2D eigenvalue weighted by Crippen LogP contribution is 2.30. The number of esters is 1. The third-order valence-electron chi connectivity index (χ3n) is 3.29. The number of hydrogen-bond donors (Lipinski definition) is 2. The minimum atomic E-state index is -1.23. The average Bonchev–Trinajstić information content (AvgIpc) is 2.77. The van der Waals surface area contributed by atoms with Crippen molar-refractivity contribution in [2.75, 3.05) is 5.73 Å². The summed E-state index contributed by atoms with van der Waals surface area (Å²) in [6, 6.07) is 1.42. The van der Waals surface area contributed by atoms with Gasteiger partial charge in [0.2, 0.25) is 0 Å². The van der Waals surface area contributed by atoms with Gasteiger partial charge in [0.05, 0.1) is 6.10 Å². The first kappa shape index (κ1) is 16.1. The maximum absolute atomic E-state index is 11.8. The summed E-state index contributed by atoms with van der Waals surface area (Å²) < 4.78 is 11.6. The fourth-order valence-corrected chi connectivity index (χ4v) is 2.33. The molecule has 2 rings (SSSR count). The molecule has 9 heteroatoms. The number of nitrogens with two attached hydrogens (primary N) is 1. The fourth-order valence-electron chi connectivity index (χ4n) is 2.33. The summed E-state index contributed by atoms with van der Waals surface area (Å²) in [5.74, 6) is -1.05. The van der Waals surface area contributed by atoms with Gasteiger partial charge in [-0.05, 0) is 13.0 Å². The number of nitrogens with zero attached hydrogens (tertiary/aromatic N) is 2. The first-order chi connectivity index (χ1) is 10.3. The second-order valence-corrected chi connectivity index (χ2v) is 5.04. The molecule has 1 aromatic rings. The van der Waals surface area contributed by atoms with Crippen LogP contribution in [0, 0.1) is 0 Å². The van der Waals surface area contributed by atoms with Crippen LogP contribution in [0.15, 0.2) is 17.1 Å². The van der Waals surface area contributed by atoms with E-state index in [9.17, 15) is 19.5 Å². The van der Waals surface area contributed by atoms with Gasteiger partial charge in [-0.3, -0.25) is 14.2 Å². The van der Waals surface area contributed by atoms with Crippen LogP contribution in [0.3, 0.4) is 0 Å². The summed E-state index contributed by atoms with van der Waals surface area (Å²) >= 11 is 0. The molecule has 0 bridgehead atoms. The van der Waals surface area contributed by atoms with E-state index in [-0.39, 0.29) is 12.2 Å². The van der Waals surface area contributed by atoms with Crippen molar-refractivity contribution in [2.45, 2.75) is 44.8 Å². The number of ketones is 1. The van der Waals surface area contributed by atoms with E-state index >= 15 is 0 Å². The highest BCUT2D eigenvalue weighted by Gasteiger charge is 2.43. The van der Waals surface area contributed by atoms with Crippen molar-refractivity contribution >= 4 is 17.6 Å². The van der Waals surface area contributed by atoms with Crippen LogP contribution in [0.5, 0.6) is 0 Å². The van der Waals surface area contributed by atoms with Crippen LogP contribution in [0.2, 0.25) is 0 Å². The number of aliphatic hydroxyl groups is 1. The van der Waals surface area contributed by atoms with Crippen LogP contribution in [-0.4, -0.2) is 44.7 Å². The van der Waals surface area contributed by atoms with Crippen molar-refractivity contribution < 1.29 is 24.2 Å². The predicted molar refractivity (Wildman–Crippen MR) is 73.7 cm³/mol. The van der Waals surface area contributed by atoms with Gasteiger partial charge < -0.3 is 20.3 Å². The Labute approximate surface area is 125 Å². The van der Waals surface area contributed by atoms with Gasteiger partial charge in [0.25, 0.3) is 0 Å². The molecule has 1 unspecified atom stereocenters. The molecule has 0 radical (unpaired) electrons. The molecule has 9 nitrogen and oxygen atoms in total. The Hall–Kier alpha value is -2.26. The Morgan fingerprint density at radius 2 is 2.23 bits per heavy atom. The summed E-state index contributed by atoms with van der Waals surface area (Å²) in [6.07, 6.45) is -2.72. The van der Waals surface area contributed by atoms with E-state index in [4.69, 9.17) is 15.2 Å². The lowest BCUT2D eigenvalue weighted by atomic mass is 10.0. The van der Waals surface area contributed by atoms with E-state index in [1.54, 1.807) is 0 Å². The zero-order valence-electron chi connectivity index (χ0n) is 12.1. The van der Waals surface area contributed by atoms with E-state index in [1.807, 2.05) is 0 Å². The molecule has 2 heterocycles. The minimum absolute atomic E-state index is 0.0568. The highest BCUT2D eigenvalue weighted by molar-refractivity contribution is 5.83. The number of aromatic nitrogens is 2. The Morgan fingerprint density at radius 1 is 1.55 bits per heavy atom. The van der Waals surface area contributed by atoms with Crippen LogP contribution < -0.4 is 11.4 Å². The van der Waals surface area contributed by atoms with Gasteiger partial charge in [-0.15, -0.1) is 0 Å². The third kappa shape index (κ3) is 3.31. The molecule has 0 spiro atoms. The molecule has 1 aromatic heterocycles. The number of ether oxygens (including phenoxy) is 2. The fraction of sp³-hybridized carbons (Fsp3) is 0.538. The normalized spacial score (nSPS) is 25.7. The molecule has 22 heavy (non-hydrogen) atoms. The van der Waals surface area contributed by atoms with Gasteiger partial charge in [-0.1, -0.05) is 0 Å². The second kappa shape index (κ2) is 6.24. The summed E-state index contributed by atoms with van der Waals surface area (Å²) in [4.78, 5) is 38.0. The Morgan fingerprint density at radius 3 is 2.77 bits per heavy atom. The number of aliphatic hydroxyl groups excluding tert-OH is 1. The molecule has 0 aliphatic carbocycles. The number of nitrogen functional groups attached to an aromatic ring is 1. The molecule has 120 valence electrons. The Balaban J connectivity index is 2.22. The number of rotatable bonds is 4. The lowest BCUT2D eigenvalue weighted by molar-refractivity contribution is -0.166. The van der Waals surface area contributed by atoms with Crippen molar-refractivity contribution in [3.63, 3.8) is 0 Å². The lowest BCUT2D eigenvalue weighted by Crippen LogP contribution is -2.42. The number of carbonyl (C=O) groups is 2. The van der Waals surface area contributed by atoms with E-state index in [2.05, 4.69) is 4.98 Å². The summed E-state index contributed by atoms with van der Waals surface area (Å²) in [6.45, 7) is 2.39. The molecule has 1 saturated heterocycles. The van der Waals surface area contributed by atoms with Gasteiger partial charge >= 0.3 is 11.7 Å². The van der Waals surface area contributed by atoms with Gasteiger partial charge in [-0.2, -0.15) is 4.98 Å². The molecule has 0 saturated carbocycles. The zero-order valence-corrected chi connectivity index (χ0v) is 12.1. The van der Waals surface area contributed by atoms with E-state index < -0.39 is 42.0 Å². The maximum Gasteiger partial charge on any atom is 0.351 e. The van der Waals surface area contributed by atoms with Crippen molar-refractivity contribution in [3.05, 3.63) is 22.7 Å². The zero-order chi connectivity index (χ0) is 16.4. The van der Waals surface area contributed by atoms with Gasteiger partial charge in [0.1, 0.15) is 18.1 Å². The van der Waals surface area contributed by atoms with Crippen molar-refractivity contribution in [3.8, 4) is 0 Å². The van der Waals surface area contributed by atoms with Crippen molar-refractivity contribution in [2.24, 2.45) is 0 Å². The van der Waals surface area contributed by atoms with Crippen LogP contribution in [0.25, 0.3) is 0 Å². The first-order valence-corrected chi connectivity index (χ1v) is 6.65. The van der Waals surface area contributed by atoms with Crippen LogP contribution in [-0.2, 0) is 19.1 Å². The molecule has 1 aliphatic rings. The van der Waals surface area contributed by atoms with Gasteiger partial charge in [-0.25, -0.2) is 4.79 Å². The van der Waals surface area contributed by atoms with E-state index in [1.165, 1.54) is 19.2 Å². The number of carbonyl (C=O) groups excluding carboxylic acids is 2. The summed E-state index contributed by atoms with van der Waals surface area (Å²) in [7, 11) is 0. The monoisotopic (exact) mass is 311 g/mol. The van der Waals surface area contributed by atoms with E-state index in [0.29, 0.717) is 0 Å². The predicted octanol–water partition coefficient (Wildman–Crippen LogP) is -1.01. The Kier molecular flexibility index (Phi) is 4.57. The van der Waals surface area contributed by atoms with Crippen LogP contribution >= 0.6 is 0 Å². The molecule has 3 N–H and O–H groups in total. The smallest absolute Gasteiger partial charge is 0.351 e. The second-order valence-electron chi connectivity index (χ2n) is 5.04. The SMILES string of the molecule is CC(=O)OC(C(C)=O)[C@H]1O[C@@H](n2ccc(N)nc2=O)C[C@@H]1O. The molecular formula is C13H17N3O6. The molecule has 4 atom stereocenters. The van der Waals surface area contributed by atoms with Gasteiger partial charge in [0.15, 0.2) is 11.9 Å². The van der Waals surface area contributed by atoms with E-state index in [0.717, 1.165) is 11.5 Å².